The molecule has 0 bridgehead atoms. The van der Waals surface area contributed by atoms with Gasteiger partial charge in [0.25, 0.3) is 0 Å². The van der Waals surface area contributed by atoms with Crippen LogP contribution in [0.25, 0.3) is 0 Å². The summed E-state index contributed by atoms with van der Waals surface area (Å²) >= 11 is 3.80. The van der Waals surface area contributed by atoms with Crippen LogP contribution in [-0.2, 0) is 3.83 Å². The van der Waals surface area contributed by atoms with Crippen LogP contribution < -0.4 is 10.2 Å². The molecule has 2 N–H and O–H groups in total. The molecule has 1 rings (SSSR count). The van der Waals surface area contributed by atoms with Gasteiger partial charge in [0, 0.05) is 0 Å². The van der Waals surface area contributed by atoms with Gasteiger partial charge in [-0.3, -0.25) is 0 Å². The van der Waals surface area contributed by atoms with Gasteiger partial charge >= 0.3 is 80.6 Å². The van der Waals surface area contributed by atoms with Gasteiger partial charge in [0.1, 0.15) is 0 Å². The Morgan fingerprint density at radius 1 is 1.33 bits per heavy atom. The van der Waals surface area contributed by atoms with Crippen molar-refractivity contribution in [3.05, 3.63) is 29.3 Å². The summed E-state index contributed by atoms with van der Waals surface area (Å²) in [6.45, 7) is 0.483. The Balaban J connectivity index is 2.75. The third-order valence-corrected chi connectivity index (χ3v) is 4.58. The van der Waals surface area contributed by atoms with Crippen molar-refractivity contribution in [2.45, 2.75) is 5.32 Å². The normalized spacial score (nSPS) is 12.8. The van der Waals surface area contributed by atoms with E-state index in [1.165, 1.54) is 0 Å². The Hall–Kier alpha value is -0.211. The fraction of sp³-hybridized carbons (Fsp3) is 0.250. The minimum atomic E-state index is -1.88. The van der Waals surface area contributed by atoms with Gasteiger partial charge in [-0.15, -0.1) is 0 Å². The zero-order chi connectivity index (χ0) is 8.97. The summed E-state index contributed by atoms with van der Waals surface area (Å²) in [6.07, 6.45) is 0. The SMILES string of the molecule is NCC[Se](=O)c1ccc(Cl)cc1. The predicted molar refractivity (Wildman–Crippen MR) is 51.4 cm³/mol. The van der Waals surface area contributed by atoms with E-state index in [2.05, 4.69) is 0 Å². The van der Waals surface area contributed by atoms with E-state index in [0.29, 0.717) is 16.9 Å². The monoisotopic (exact) mass is 251 g/mol. The number of hydrogen-bond donors (Lipinski definition) is 1. The molecule has 0 saturated heterocycles. The molecule has 0 fully saturated rings. The molecule has 12 heavy (non-hydrogen) atoms. The van der Waals surface area contributed by atoms with E-state index in [-0.39, 0.29) is 0 Å². The van der Waals surface area contributed by atoms with Gasteiger partial charge in [-0.05, 0) is 0 Å². The quantitative estimate of drug-likeness (QED) is 0.811. The zero-order valence-corrected chi connectivity index (χ0v) is 8.96. The second-order valence-electron chi connectivity index (χ2n) is 2.29. The summed E-state index contributed by atoms with van der Waals surface area (Å²) in [7, 11) is 0. The Kier molecular flexibility index (Phi) is 3.89. The van der Waals surface area contributed by atoms with Gasteiger partial charge in [0.15, 0.2) is 0 Å². The van der Waals surface area contributed by atoms with Crippen molar-refractivity contribution in [1.82, 2.24) is 0 Å². The van der Waals surface area contributed by atoms with E-state index in [4.69, 9.17) is 17.3 Å². The van der Waals surface area contributed by atoms with Crippen LogP contribution in [0.5, 0.6) is 0 Å². The summed E-state index contributed by atoms with van der Waals surface area (Å²) in [5, 5.41) is 1.27. The first kappa shape index (κ1) is 9.87. The molecule has 0 heterocycles. The minimum absolute atomic E-state index is 0.483. The molecule has 4 heteroatoms. The first-order chi connectivity index (χ1) is 5.74. The average Bonchev–Trinajstić information content (AvgIpc) is 2.06. The van der Waals surface area contributed by atoms with Crippen molar-refractivity contribution < 1.29 is 3.83 Å². The fourth-order valence-corrected chi connectivity index (χ4v) is 2.80. The third-order valence-electron chi connectivity index (χ3n) is 1.38. The molecule has 0 aliphatic carbocycles. The second-order valence-corrected chi connectivity index (χ2v) is 6.02. The second kappa shape index (κ2) is 4.73. The van der Waals surface area contributed by atoms with E-state index >= 15 is 0 Å². The van der Waals surface area contributed by atoms with Crippen LogP contribution in [-0.4, -0.2) is 20.4 Å². The standard InChI is InChI=1S/C8H10ClNOSe/c9-7-1-3-8(4-2-7)12(11)6-5-10/h1-4H,5-6,10H2. The fourth-order valence-electron chi connectivity index (χ4n) is 0.811. The molecule has 1 atom stereocenters. The molecular weight excluding hydrogens is 241 g/mol. The van der Waals surface area contributed by atoms with E-state index in [1.807, 2.05) is 0 Å². The van der Waals surface area contributed by atoms with Crippen LogP contribution in [0.2, 0.25) is 10.3 Å². The molecule has 0 amide bonds. The number of benzene rings is 1. The molecule has 2 nitrogen and oxygen atoms in total. The van der Waals surface area contributed by atoms with E-state index in [9.17, 15) is 3.83 Å². The summed E-state index contributed by atoms with van der Waals surface area (Å²) in [5.74, 6) is 0. The molecular formula is C8H10ClNOSe. The Bertz CT molecular complexity index is 273. The number of nitrogens with two attached hydrogens (primary N) is 1. The van der Waals surface area contributed by atoms with Crippen LogP contribution in [0, 0.1) is 0 Å². The Labute approximate surface area is 80.8 Å². The third kappa shape index (κ3) is 2.68. The van der Waals surface area contributed by atoms with Gasteiger partial charge < -0.3 is 0 Å². The summed E-state index contributed by atoms with van der Waals surface area (Å²) in [6, 6.07) is 7.11. The van der Waals surface area contributed by atoms with Gasteiger partial charge in [-0.2, -0.15) is 0 Å². The van der Waals surface area contributed by atoms with Crippen LogP contribution in [0.15, 0.2) is 24.3 Å². The van der Waals surface area contributed by atoms with Crippen LogP contribution >= 0.6 is 11.6 Å². The van der Waals surface area contributed by atoms with Crippen LogP contribution in [0.4, 0.5) is 0 Å². The van der Waals surface area contributed by atoms with Crippen molar-refractivity contribution in [3.8, 4) is 0 Å². The van der Waals surface area contributed by atoms with E-state index in [1.54, 1.807) is 24.3 Å². The van der Waals surface area contributed by atoms with Crippen molar-refractivity contribution >= 4 is 29.9 Å². The van der Waals surface area contributed by atoms with E-state index < -0.39 is 13.8 Å². The zero-order valence-electron chi connectivity index (χ0n) is 6.50. The number of halogens is 1. The molecule has 1 unspecified atom stereocenters. The molecule has 0 aromatic heterocycles. The van der Waals surface area contributed by atoms with Crippen LogP contribution in [0.3, 0.4) is 0 Å². The summed E-state index contributed by atoms with van der Waals surface area (Å²) < 4.78 is 12.3. The Morgan fingerprint density at radius 2 is 1.92 bits per heavy atom. The average molecular weight is 251 g/mol. The van der Waals surface area contributed by atoms with Gasteiger partial charge in [0.2, 0.25) is 0 Å². The summed E-state index contributed by atoms with van der Waals surface area (Å²) in [4.78, 5) is 0. The van der Waals surface area contributed by atoms with Gasteiger partial charge in [0.05, 0.1) is 0 Å². The van der Waals surface area contributed by atoms with Crippen molar-refractivity contribution in [2.75, 3.05) is 6.54 Å². The van der Waals surface area contributed by atoms with Gasteiger partial charge in [-0.1, -0.05) is 0 Å². The maximum atomic E-state index is 11.4. The maximum absolute atomic E-state index is 11.4. The van der Waals surface area contributed by atoms with Gasteiger partial charge in [-0.25, -0.2) is 0 Å². The number of rotatable bonds is 3. The van der Waals surface area contributed by atoms with Crippen molar-refractivity contribution in [3.63, 3.8) is 0 Å². The first-order valence-corrected chi connectivity index (χ1v) is 6.72. The molecule has 0 saturated carbocycles. The Morgan fingerprint density at radius 3 is 2.42 bits per heavy atom. The molecule has 0 radical (unpaired) electrons. The molecule has 66 valence electrons. The first-order valence-electron chi connectivity index (χ1n) is 3.58. The molecule has 1 aromatic rings. The molecule has 0 aliphatic heterocycles. The predicted octanol–water partition coefficient (Wildman–Crippen LogP) is 0.928. The summed E-state index contributed by atoms with van der Waals surface area (Å²) in [5.41, 5.74) is 5.30. The number of hydrogen-bond acceptors (Lipinski definition) is 2. The molecule has 1 aromatic carbocycles. The molecule has 0 spiro atoms. The topological polar surface area (TPSA) is 43.1 Å². The molecule has 0 aliphatic rings. The van der Waals surface area contributed by atoms with Crippen molar-refractivity contribution in [1.29, 1.82) is 0 Å². The van der Waals surface area contributed by atoms with Crippen LogP contribution in [0.1, 0.15) is 0 Å². The van der Waals surface area contributed by atoms with Crippen molar-refractivity contribution in [2.24, 2.45) is 5.73 Å². The van der Waals surface area contributed by atoms with E-state index in [0.717, 1.165) is 4.46 Å².